The fraction of sp³-hybridized carbons (Fsp3) is 0.200. The lowest BCUT2D eigenvalue weighted by atomic mass is 10.2. The van der Waals surface area contributed by atoms with Gasteiger partial charge in [-0.2, -0.15) is 13.4 Å². The first-order chi connectivity index (χ1) is 15.8. The molecule has 1 aromatic heterocycles. The van der Waals surface area contributed by atoms with Crippen molar-refractivity contribution in [3.63, 3.8) is 0 Å². The summed E-state index contributed by atoms with van der Waals surface area (Å²) in [5.74, 6) is 0.288. The van der Waals surface area contributed by atoms with Gasteiger partial charge in [0.1, 0.15) is 5.82 Å². The molecule has 1 saturated heterocycles. The van der Waals surface area contributed by atoms with Crippen LogP contribution in [0, 0.1) is 0 Å². The van der Waals surface area contributed by atoms with Gasteiger partial charge in [0.25, 0.3) is 10.0 Å². The summed E-state index contributed by atoms with van der Waals surface area (Å²) >= 11 is 0. The van der Waals surface area contributed by atoms with Gasteiger partial charge in [-0.05, 0) is 36.4 Å². The van der Waals surface area contributed by atoms with Crippen molar-refractivity contribution < 1.29 is 17.9 Å². The zero-order valence-electron chi connectivity index (χ0n) is 17.4. The van der Waals surface area contributed by atoms with Crippen molar-refractivity contribution in [2.24, 2.45) is 15.9 Å². The summed E-state index contributed by atoms with van der Waals surface area (Å²) in [6, 6.07) is 12.3. The van der Waals surface area contributed by atoms with Crippen LogP contribution in [0.2, 0.25) is 0 Å². The minimum atomic E-state index is -4.01. The zero-order chi connectivity index (χ0) is 23.4. The van der Waals surface area contributed by atoms with E-state index in [4.69, 9.17) is 16.2 Å². The van der Waals surface area contributed by atoms with Crippen LogP contribution in [0.5, 0.6) is 0 Å². The Bertz CT molecular complexity index is 1300. The number of benzene rings is 2. The number of anilines is 3. The van der Waals surface area contributed by atoms with Crippen LogP contribution < -0.4 is 27.0 Å². The van der Waals surface area contributed by atoms with E-state index in [2.05, 4.69) is 29.9 Å². The number of ether oxygens (including phenoxy) is 1. The number of carbonyl (C=O) groups excluding carboxylic acids is 1. The standard InChI is InChI=1S/C20H22N8O4S/c21-18(22)27-33(30,31)14-7-5-13(6-8-14)23-20(29)26-19-24-16-4-2-1-3-15(16)17(25-19)28-9-11-32-12-10-28/h1-8H,9-12H2,(H4,21,22,27)(H2,23,24,25,26,29). The minimum Gasteiger partial charge on any atom is -0.378 e. The number of rotatable bonds is 5. The van der Waals surface area contributed by atoms with Crippen LogP contribution in [-0.2, 0) is 14.8 Å². The monoisotopic (exact) mass is 470 g/mol. The minimum absolute atomic E-state index is 0.116. The first-order valence-electron chi connectivity index (χ1n) is 9.95. The number of nitrogens with one attached hydrogen (secondary N) is 2. The molecule has 172 valence electrons. The van der Waals surface area contributed by atoms with Crippen LogP contribution >= 0.6 is 0 Å². The molecule has 0 saturated carbocycles. The molecule has 0 bridgehead atoms. The normalized spacial score (nSPS) is 14.0. The molecule has 0 unspecified atom stereocenters. The molecule has 1 aliphatic heterocycles. The lowest BCUT2D eigenvalue weighted by molar-refractivity contribution is 0.122. The number of hydrogen-bond donors (Lipinski definition) is 4. The molecule has 0 atom stereocenters. The second-order valence-corrected chi connectivity index (χ2v) is 8.69. The quantitative estimate of drug-likeness (QED) is 0.313. The Morgan fingerprint density at radius 2 is 1.70 bits per heavy atom. The molecule has 2 aromatic carbocycles. The maximum absolute atomic E-state index is 12.5. The predicted molar refractivity (Wildman–Crippen MR) is 125 cm³/mol. The van der Waals surface area contributed by atoms with Crippen molar-refractivity contribution in [3.8, 4) is 0 Å². The molecule has 2 heterocycles. The third-order valence-corrected chi connectivity index (χ3v) is 6.07. The number of aromatic nitrogens is 2. The third-order valence-electron chi connectivity index (χ3n) is 4.75. The molecule has 1 aliphatic rings. The summed E-state index contributed by atoms with van der Waals surface area (Å²) in [5, 5.41) is 6.12. The molecule has 3 aromatic rings. The van der Waals surface area contributed by atoms with Crippen molar-refractivity contribution in [3.05, 3.63) is 48.5 Å². The van der Waals surface area contributed by atoms with Crippen LogP contribution in [0.25, 0.3) is 10.9 Å². The molecule has 0 aliphatic carbocycles. The van der Waals surface area contributed by atoms with Gasteiger partial charge in [-0.25, -0.2) is 9.78 Å². The van der Waals surface area contributed by atoms with Gasteiger partial charge in [0.2, 0.25) is 11.9 Å². The average Bonchev–Trinajstić information content (AvgIpc) is 2.78. The van der Waals surface area contributed by atoms with E-state index in [1.54, 1.807) is 0 Å². The molecular weight excluding hydrogens is 448 g/mol. The Morgan fingerprint density at radius 3 is 2.39 bits per heavy atom. The van der Waals surface area contributed by atoms with Gasteiger partial charge < -0.3 is 26.4 Å². The Labute approximate surface area is 189 Å². The lowest BCUT2D eigenvalue weighted by Gasteiger charge is -2.28. The summed E-state index contributed by atoms with van der Waals surface area (Å²) < 4.78 is 32.7. The predicted octanol–water partition coefficient (Wildman–Crippen LogP) is 1.07. The van der Waals surface area contributed by atoms with Crippen LogP contribution in [0.4, 0.5) is 22.2 Å². The SMILES string of the molecule is NC(N)=NS(=O)(=O)c1ccc(NC(=O)Nc2nc(N3CCOCC3)c3ccccc3n2)cc1. The van der Waals surface area contributed by atoms with E-state index in [1.165, 1.54) is 24.3 Å². The number of urea groups is 1. The van der Waals surface area contributed by atoms with Crippen LogP contribution in [0.3, 0.4) is 0 Å². The number of amides is 2. The van der Waals surface area contributed by atoms with E-state index in [0.717, 1.165) is 5.39 Å². The second-order valence-electron chi connectivity index (χ2n) is 7.08. The van der Waals surface area contributed by atoms with E-state index < -0.39 is 22.0 Å². The van der Waals surface area contributed by atoms with Crippen LogP contribution in [-0.4, -0.2) is 56.7 Å². The molecule has 0 spiro atoms. The number of para-hydroxylation sites is 1. The fourth-order valence-electron chi connectivity index (χ4n) is 3.30. The number of nitrogens with zero attached hydrogens (tertiary/aromatic N) is 4. The van der Waals surface area contributed by atoms with Crippen LogP contribution in [0.1, 0.15) is 0 Å². The van der Waals surface area contributed by atoms with E-state index in [0.29, 0.717) is 43.3 Å². The molecule has 33 heavy (non-hydrogen) atoms. The van der Waals surface area contributed by atoms with Gasteiger partial charge in [0.05, 0.1) is 23.6 Å². The van der Waals surface area contributed by atoms with Crippen molar-refractivity contribution >= 4 is 50.4 Å². The van der Waals surface area contributed by atoms with E-state index in [1.807, 2.05) is 24.3 Å². The van der Waals surface area contributed by atoms with Crippen molar-refractivity contribution in [2.45, 2.75) is 4.90 Å². The highest BCUT2D eigenvalue weighted by Crippen LogP contribution is 2.26. The summed E-state index contributed by atoms with van der Waals surface area (Å²) in [6.45, 7) is 2.55. The second kappa shape index (κ2) is 9.26. The van der Waals surface area contributed by atoms with Gasteiger partial charge in [0, 0.05) is 24.2 Å². The number of carbonyl (C=O) groups is 1. The smallest absolute Gasteiger partial charge is 0.326 e. The molecule has 12 nitrogen and oxygen atoms in total. The largest absolute Gasteiger partial charge is 0.378 e. The number of guanidine groups is 1. The first-order valence-corrected chi connectivity index (χ1v) is 11.4. The Morgan fingerprint density at radius 1 is 1.00 bits per heavy atom. The number of hydrogen-bond acceptors (Lipinski definition) is 7. The van der Waals surface area contributed by atoms with Gasteiger partial charge >= 0.3 is 6.03 Å². The van der Waals surface area contributed by atoms with Crippen molar-refractivity contribution in [1.82, 2.24) is 9.97 Å². The fourth-order valence-corrected chi connectivity index (χ4v) is 4.16. The summed E-state index contributed by atoms with van der Waals surface area (Å²) in [7, 11) is -4.01. The Balaban J connectivity index is 1.52. The van der Waals surface area contributed by atoms with Gasteiger partial charge in [0.15, 0.2) is 0 Å². The number of nitrogens with two attached hydrogens (primary N) is 2. The molecular formula is C20H22N8O4S. The molecule has 13 heteroatoms. The maximum atomic E-state index is 12.5. The maximum Gasteiger partial charge on any atom is 0.326 e. The summed E-state index contributed by atoms with van der Waals surface area (Å²) in [5.41, 5.74) is 11.3. The van der Waals surface area contributed by atoms with Gasteiger partial charge in [-0.1, -0.05) is 12.1 Å². The number of fused-ring (bicyclic) bond motifs is 1. The number of morpholine rings is 1. The number of sulfonamides is 1. The highest BCUT2D eigenvalue weighted by Gasteiger charge is 2.18. The zero-order valence-corrected chi connectivity index (χ0v) is 18.2. The molecule has 2 amide bonds. The molecule has 0 radical (unpaired) electrons. The van der Waals surface area contributed by atoms with Gasteiger partial charge in [-0.3, -0.25) is 5.32 Å². The lowest BCUT2D eigenvalue weighted by Crippen LogP contribution is -2.37. The van der Waals surface area contributed by atoms with Crippen molar-refractivity contribution in [1.29, 1.82) is 0 Å². The van der Waals surface area contributed by atoms with Crippen molar-refractivity contribution in [2.75, 3.05) is 41.8 Å². The van der Waals surface area contributed by atoms with Gasteiger partial charge in [-0.15, -0.1) is 4.40 Å². The van der Waals surface area contributed by atoms with Crippen LogP contribution in [0.15, 0.2) is 57.8 Å². The highest BCUT2D eigenvalue weighted by atomic mass is 32.2. The Hall–Kier alpha value is -3.97. The molecule has 6 N–H and O–H groups in total. The topological polar surface area (TPSA) is 178 Å². The Kier molecular flexibility index (Phi) is 6.24. The highest BCUT2D eigenvalue weighted by molar-refractivity contribution is 7.90. The first kappa shape index (κ1) is 22.2. The molecule has 1 fully saturated rings. The van der Waals surface area contributed by atoms with E-state index in [9.17, 15) is 13.2 Å². The molecule has 4 rings (SSSR count). The summed E-state index contributed by atoms with van der Waals surface area (Å²) in [4.78, 5) is 23.5. The van der Waals surface area contributed by atoms with E-state index in [-0.39, 0.29) is 10.8 Å². The van der Waals surface area contributed by atoms with E-state index >= 15 is 0 Å². The summed E-state index contributed by atoms with van der Waals surface area (Å²) in [6.07, 6.45) is 0. The average molecular weight is 471 g/mol. The third kappa shape index (κ3) is 5.27.